The van der Waals surface area contributed by atoms with Gasteiger partial charge in [0, 0.05) is 36.6 Å². The quantitative estimate of drug-likeness (QED) is 0.489. The molecule has 0 bridgehead atoms. The van der Waals surface area contributed by atoms with Crippen molar-refractivity contribution in [1.82, 2.24) is 14.6 Å². The molecule has 0 radical (unpaired) electrons. The summed E-state index contributed by atoms with van der Waals surface area (Å²) in [4.78, 5) is 15.9. The SMILES string of the molecule is CCN(CC)S(=O)(=O)c1ccc(C(C)NC(=O)CCCc2c[nH]c3ccccc23)cc1. The van der Waals surface area contributed by atoms with Gasteiger partial charge in [-0.1, -0.05) is 44.2 Å². The summed E-state index contributed by atoms with van der Waals surface area (Å²) in [6, 6.07) is 14.7. The third kappa shape index (κ3) is 5.35. The van der Waals surface area contributed by atoms with Crippen LogP contribution >= 0.6 is 0 Å². The second-order valence-electron chi connectivity index (χ2n) is 7.66. The molecular formula is C24H31N3O3S. The highest BCUT2D eigenvalue weighted by Crippen LogP contribution is 2.21. The number of rotatable bonds is 10. The Morgan fingerprint density at radius 2 is 1.74 bits per heavy atom. The van der Waals surface area contributed by atoms with Crippen LogP contribution in [-0.4, -0.2) is 36.7 Å². The molecular weight excluding hydrogens is 410 g/mol. The summed E-state index contributed by atoms with van der Waals surface area (Å²) < 4.78 is 26.6. The Kier molecular flexibility index (Phi) is 7.51. The van der Waals surface area contributed by atoms with Crippen molar-refractivity contribution < 1.29 is 13.2 Å². The zero-order valence-electron chi connectivity index (χ0n) is 18.4. The van der Waals surface area contributed by atoms with Crippen LogP contribution in [0, 0.1) is 0 Å². The largest absolute Gasteiger partial charge is 0.361 e. The van der Waals surface area contributed by atoms with Gasteiger partial charge in [0.2, 0.25) is 15.9 Å². The lowest BCUT2D eigenvalue weighted by atomic mass is 10.1. The number of aryl methyl sites for hydroxylation is 1. The van der Waals surface area contributed by atoms with E-state index in [0.717, 1.165) is 23.9 Å². The maximum absolute atomic E-state index is 12.6. The van der Waals surface area contributed by atoms with Crippen molar-refractivity contribution in [3.63, 3.8) is 0 Å². The number of H-pyrrole nitrogens is 1. The van der Waals surface area contributed by atoms with E-state index < -0.39 is 10.0 Å². The molecule has 0 aliphatic heterocycles. The van der Waals surface area contributed by atoms with Crippen molar-refractivity contribution in [2.24, 2.45) is 0 Å². The normalized spacial score (nSPS) is 12.9. The van der Waals surface area contributed by atoms with Gasteiger partial charge in [0.15, 0.2) is 0 Å². The molecule has 3 aromatic rings. The smallest absolute Gasteiger partial charge is 0.243 e. The molecule has 1 aromatic heterocycles. The highest BCUT2D eigenvalue weighted by atomic mass is 32.2. The molecule has 0 spiro atoms. The topological polar surface area (TPSA) is 82.3 Å². The molecule has 0 aliphatic rings. The minimum absolute atomic E-state index is 0.00724. The van der Waals surface area contributed by atoms with Crippen LogP contribution in [0.25, 0.3) is 10.9 Å². The molecule has 0 saturated carbocycles. The number of hydrogen-bond acceptors (Lipinski definition) is 3. The lowest BCUT2D eigenvalue weighted by Crippen LogP contribution is -2.30. The number of aromatic amines is 1. The van der Waals surface area contributed by atoms with E-state index >= 15 is 0 Å². The molecule has 31 heavy (non-hydrogen) atoms. The first kappa shape index (κ1) is 23.0. The maximum atomic E-state index is 12.6. The van der Waals surface area contributed by atoms with E-state index in [-0.39, 0.29) is 16.8 Å². The number of para-hydroxylation sites is 1. The second kappa shape index (κ2) is 10.1. The lowest BCUT2D eigenvalue weighted by Gasteiger charge is -2.19. The van der Waals surface area contributed by atoms with Crippen LogP contribution in [0.5, 0.6) is 0 Å². The number of aromatic nitrogens is 1. The average Bonchev–Trinajstić information content (AvgIpc) is 3.17. The molecule has 1 atom stereocenters. The van der Waals surface area contributed by atoms with Crippen molar-refractivity contribution in [2.75, 3.05) is 13.1 Å². The van der Waals surface area contributed by atoms with Crippen molar-refractivity contribution in [1.29, 1.82) is 0 Å². The van der Waals surface area contributed by atoms with Gasteiger partial charge >= 0.3 is 0 Å². The summed E-state index contributed by atoms with van der Waals surface area (Å²) in [5.41, 5.74) is 3.21. The number of sulfonamides is 1. The molecule has 0 saturated heterocycles. The molecule has 1 unspecified atom stereocenters. The van der Waals surface area contributed by atoms with E-state index in [4.69, 9.17) is 0 Å². The lowest BCUT2D eigenvalue weighted by molar-refractivity contribution is -0.121. The summed E-state index contributed by atoms with van der Waals surface area (Å²) in [6.45, 7) is 6.43. The number of nitrogens with one attached hydrogen (secondary N) is 2. The highest BCUT2D eigenvalue weighted by Gasteiger charge is 2.21. The van der Waals surface area contributed by atoms with Gasteiger partial charge in [0.05, 0.1) is 10.9 Å². The first-order valence-corrected chi connectivity index (χ1v) is 12.2. The number of fused-ring (bicyclic) bond motifs is 1. The first-order valence-electron chi connectivity index (χ1n) is 10.8. The number of amides is 1. The number of carbonyl (C=O) groups is 1. The van der Waals surface area contributed by atoms with Crippen LogP contribution in [-0.2, 0) is 21.2 Å². The van der Waals surface area contributed by atoms with E-state index in [2.05, 4.69) is 16.4 Å². The monoisotopic (exact) mass is 441 g/mol. The molecule has 1 heterocycles. The number of nitrogens with zero attached hydrogens (tertiary/aromatic N) is 1. The molecule has 6 nitrogen and oxygen atoms in total. The Labute approximate surface area is 184 Å². The van der Waals surface area contributed by atoms with E-state index in [1.807, 2.05) is 45.2 Å². The van der Waals surface area contributed by atoms with E-state index in [1.54, 1.807) is 24.3 Å². The standard InChI is InChI=1S/C24H31N3O3S/c1-4-27(5-2)31(29,30)21-15-13-19(14-16-21)18(3)26-24(28)12-8-9-20-17-25-23-11-7-6-10-22(20)23/h6-7,10-11,13-18,25H,4-5,8-9,12H2,1-3H3,(H,26,28). The van der Waals surface area contributed by atoms with Gasteiger partial charge in [-0.15, -0.1) is 0 Å². The fourth-order valence-corrected chi connectivity index (χ4v) is 5.27. The van der Waals surface area contributed by atoms with Crippen molar-refractivity contribution in [2.45, 2.75) is 51.0 Å². The van der Waals surface area contributed by atoms with Crippen LogP contribution in [0.4, 0.5) is 0 Å². The average molecular weight is 442 g/mol. The zero-order chi connectivity index (χ0) is 22.4. The summed E-state index contributed by atoms with van der Waals surface area (Å²) >= 11 is 0. The highest BCUT2D eigenvalue weighted by molar-refractivity contribution is 7.89. The van der Waals surface area contributed by atoms with Crippen molar-refractivity contribution in [3.8, 4) is 0 Å². The molecule has 2 aromatic carbocycles. The van der Waals surface area contributed by atoms with Crippen LogP contribution in [0.3, 0.4) is 0 Å². The van der Waals surface area contributed by atoms with Crippen LogP contribution < -0.4 is 5.32 Å². The van der Waals surface area contributed by atoms with Crippen LogP contribution in [0.2, 0.25) is 0 Å². The van der Waals surface area contributed by atoms with E-state index in [1.165, 1.54) is 15.3 Å². The summed E-state index contributed by atoms with van der Waals surface area (Å²) in [6.07, 6.45) is 4.06. The Morgan fingerprint density at radius 3 is 2.42 bits per heavy atom. The minimum Gasteiger partial charge on any atom is -0.361 e. The molecule has 0 aliphatic carbocycles. The van der Waals surface area contributed by atoms with Gasteiger partial charge in [0.1, 0.15) is 0 Å². The molecule has 0 fully saturated rings. The van der Waals surface area contributed by atoms with Gasteiger partial charge in [-0.05, 0) is 49.1 Å². The minimum atomic E-state index is -3.47. The summed E-state index contributed by atoms with van der Waals surface area (Å²) in [7, 11) is -3.47. The van der Waals surface area contributed by atoms with E-state index in [0.29, 0.717) is 19.5 Å². The van der Waals surface area contributed by atoms with Crippen molar-refractivity contribution in [3.05, 3.63) is 65.9 Å². The van der Waals surface area contributed by atoms with E-state index in [9.17, 15) is 13.2 Å². The molecule has 2 N–H and O–H groups in total. The van der Waals surface area contributed by atoms with Gasteiger partial charge in [-0.25, -0.2) is 8.42 Å². The van der Waals surface area contributed by atoms with Gasteiger partial charge in [-0.3, -0.25) is 4.79 Å². The molecule has 1 amide bonds. The molecule has 166 valence electrons. The Morgan fingerprint density at radius 1 is 1.06 bits per heavy atom. The summed E-state index contributed by atoms with van der Waals surface area (Å²) in [5, 5.41) is 4.21. The van der Waals surface area contributed by atoms with Gasteiger partial charge in [0.25, 0.3) is 0 Å². The van der Waals surface area contributed by atoms with Crippen LogP contribution in [0.1, 0.15) is 50.8 Å². The predicted molar refractivity (Wildman–Crippen MR) is 124 cm³/mol. The van der Waals surface area contributed by atoms with Gasteiger partial charge in [-0.2, -0.15) is 4.31 Å². The predicted octanol–water partition coefficient (Wildman–Crippen LogP) is 4.40. The molecule has 3 rings (SSSR count). The maximum Gasteiger partial charge on any atom is 0.243 e. The second-order valence-corrected chi connectivity index (χ2v) is 9.60. The first-order chi connectivity index (χ1) is 14.9. The fourth-order valence-electron chi connectivity index (χ4n) is 3.82. The number of hydrogen-bond donors (Lipinski definition) is 2. The van der Waals surface area contributed by atoms with Crippen LogP contribution in [0.15, 0.2) is 59.6 Å². The zero-order valence-corrected chi connectivity index (χ0v) is 19.2. The Bertz CT molecular complexity index is 1120. The summed E-state index contributed by atoms with van der Waals surface area (Å²) in [5.74, 6) is -0.00724. The number of benzene rings is 2. The number of carbonyl (C=O) groups excluding carboxylic acids is 1. The third-order valence-electron chi connectivity index (χ3n) is 5.63. The van der Waals surface area contributed by atoms with Crippen molar-refractivity contribution >= 4 is 26.8 Å². The third-order valence-corrected chi connectivity index (χ3v) is 7.69. The molecule has 7 heteroatoms. The Hall–Kier alpha value is -2.64. The fraction of sp³-hybridized carbons (Fsp3) is 0.375. The Balaban J connectivity index is 1.53. The van der Waals surface area contributed by atoms with Gasteiger partial charge < -0.3 is 10.3 Å².